The van der Waals surface area contributed by atoms with Crippen LogP contribution in [0.2, 0.25) is 0 Å². The number of amides is 1. The maximum Gasteiger partial charge on any atom is 0.253 e. The Morgan fingerprint density at radius 3 is 2.71 bits per heavy atom. The van der Waals surface area contributed by atoms with Crippen molar-refractivity contribution in [2.45, 2.75) is 25.0 Å². The minimum absolute atomic E-state index is 0.0312. The van der Waals surface area contributed by atoms with Gasteiger partial charge in [0.05, 0.1) is 42.8 Å². The number of hydrogen-bond donors (Lipinski definition) is 0. The summed E-state index contributed by atoms with van der Waals surface area (Å²) in [5.74, 6) is -0.0312. The molecule has 1 spiro atoms. The molecule has 2 fully saturated rings. The number of anilines is 1. The van der Waals surface area contributed by atoms with Crippen LogP contribution in [-0.2, 0) is 16.1 Å². The van der Waals surface area contributed by atoms with Gasteiger partial charge in [-0.25, -0.2) is 9.97 Å². The molecule has 126 valence electrons. The molecule has 0 N–H and O–H groups in total. The molecular formula is C17H20N4O3. The van der Waals surface area contributed by atoms with Crippen LogP contribution < -0.4 is 4.90 Å². The topological polar surface area (TPSA) is 71.7 Å². The van der Waals surface area contributed by atoms with Crippen molar-refractivity contribution in [1.29, 1.82) is 0 Å². The zero-order valence-electron chi connectivity index (χ0n) is 13.4. The maximum absolute atomic E-state index is 12.2. The Hall–Kier alpha value is -2.25. The van der Waals surface area contributed by atoms with E-state index in [0.29, 0.717) is 6.54 Å². The van der Waals surface area contributed by atoms with E-state index >= 15 is 0 Å². The van der Waals surface area contributed by atoms with E-state index in [0.717, 1.165) is 38.2 Å². The van der Waals surface area contributed by atoms with Crippen molar-refractivity contribution in [1.82, 2.24) is 14.9 Å². The maximum atomic E-state index is 12.2. The molecule has 0 radical (unpaired) electrons. The molecule has 1 amide bonds. The minimum atomic E-state index is -0.267. The van der Waals surface area contributed by atoms with Crippen LogP contribution in [0.4, 0.5) is 5.69 Å². The summed E-state index contributed by atoms with van der Waals surface area (Å²) in [5.41, 5.74) is 1.66. The molecule has 0 bridgehead atoms. The van der Waals surface area contributed by atoms with Gasteiger partial charge in [-0.1, -0.05) is 0 Å². The van der Waals surface area contributed by atoms with E-state index in [9.17, 15) is 4.79 Å². The summed E-state index contributed by atoms with van der Waals surface area (Å²) < 4.78 is 11.1. The average Bonchev–Trinajstić information content (AvgIpc) is 3.13. The SMILES string of the molecule is O=C1COC2(CCN(Cc3ccoc3)CC2)CN1c1cncnc1. The van der Waals surface area contributed by atoms with Crippen LogP contribution in [0.15, 0.2) is 41.7 Å². The van der Waals surface area contributed by atoms with Gasteiger partial charge in [-0.05, 0) is 18.9 Å². The minimum Gasteiger partial charge on any atom is -0.472 e. The van der Waals surface area contributed by atoms with Gasteiger partial charge in [0.2, 0.25) is 0 Å². The van der Waals surface area contributed by atoms with Crippen LogP contribution in [0.1, 0.15) is 18.4 Å². The summed E-state index contributed by atoms with van der Waals surface area (Å²) in [5, 5.41) is 0. The standard InChI is InChI=1S/C17H20N4O3/c22-16-11-24-17(12-21(16)15-7-18-13-19-8-15)2-4-20(5-3-17)9-14-1-6-23-10-14/h1,6-8,10,13H,2-5,9,11-12H2. The fraction of sp³-hybridized carbons (Fsp3) is 0.471. The zero-order chi connectivity index (χ0) is 16.4. The first-order valence-corrected chi connectivity index (χ1v) is 8.17. The molecule has 0 aliphatic carbocycles. The third-order valence-electron chi connectivity index (χ3n) is 4.86. The van der Waals surface area contributed by atoms with E-state index in [2.05, 4.69) is 14.9 Å². The van der Waals surface area contributed by atoms with Gasteiger partial charge in [0, 0.05) is 25.2 Å². The van der Waals surface area contributed by atoms with Crippen LogP contribution >= 0.6 is 0 Å². The number of carbonyl (C=O) groups is 1. The molecule has 7 heteroatoms. The third-order valence-corrected chi connectivity index (χ3v) is 4.86. The van der Waals surface area contributed by atoms with E-state index in [1.165, 1.54) is 11.9 Å². The Bertz CT molecular complexity index is 681. The first-order chi connectivity index (χ1) is 11.7. The number of piperidine rings is 1. The number of furan rings is 1. The third kappa shape index (κ3) is 3.05. The molecule has 0 unspecified atom stereocenters. The van der Waals surface area contributed by atoms with Gasteiger partial charge in [-0.3, -0.25) is 9.69 Å². The number of ether oxygens (including phenoxy) is 1. The van der Waals surface area contributed by atoms with Crippen molar-refractivity contribution in [3.8, 4) is 0 Å². The number of morpholine rings is 1. The first-order valence-electron chi connectivity index (χ1n) is 8.17. The predicted molar refractivity (Wildman–Crippen MR) is 86.3 cm³/mol. The fourth-order valence-corrected chi connectivity index (χ4v) is 3.44. The summed E-state index contributed by atoms with van der Waals surface area (Å²) in [7, 11) is 0. The molecule has 0 atom stereocenters. The van der Waals surface area contributed by atoms with E-state index in [1.807, 2.05) is 6.07 Å². The van der Waals surface area contributed by atoms with Crippen molar-refractivity contribution in [2.24, 2.45) is 0 Å². The van der Waals surface area contributed by atoms with Gasteiger partial charge < -0.3 is 14.1 Å². The highest BCUT2D eigenvalue weighted by Crippen LogP contribution is 2.32. The Balaban J connectivity index is 1.42. The largest absolute Gasteiger partial charge is 0.472 e. The Labute approximate surface area is 140 Å². The second-order valence-electron chi connectivity index (χ2n) is 6.46. The van der Waals surface area contributed by atoms with Crippen molar-refractivity contribution < 1.29 is 13.9 Å². The Kier molecular flexibility index (Phi) is 4.03. The molecule has 24 heavy (non-hydrogen) atoms. The van der Waals surface area contributed by atoms with E-state index < -0.39 is 0 Å². The molecule has 7 nitrogen and oxygen atoms in total. The van der Waals surface area contributed by atoms with Gasteiger partial charge in [-0.15, -0.1) is 0 Å². The van der Waals surface area contributed by atoms with Crippen LogP contribution in [0.3, 0.4) is 0 Å². The molecule has 2 saturated heterocycles. The van der Waals surface area contributed by atoms with Crippen molar-refractivity contribution in [3.05, 3.63) is 42.9 Å². The van der Waals surface area contributed by atoms with Gasteiger partial charge in [0.1, 0.15) is 12.9 Å². The second kappa shape index (κ2) is 6.33. The molecule has 2 aromatic rings. The molecular weight excluding hydrogens is 308 g/mol. The molecule has 2 aliphatic rings. The Morgan fingerprint density at radius 2 is 2.00 bits per heavy atom. The number of aromatic nitrogens is 2. The van der Waals surface area contributed by atoms with Crippen LogP contribution in [0, 0.1) is 0 Å². The summed E-state index contributed by atoms with van der Waals surface area (Å²) in [4.78, 5) is 24.4. The molecule has 4 rings (SSSR count). The summed E-state index contributed by atoms with van der Waals surface area (Å²) >= 11 is 0. The lowest BCUT2D eigenvalue weighted by atomic mass is 9.89. The highest BCUT2D eigenvalue weighted by molar-refractivity contribution is 5.94. The van der Waals surface area contributed by atoms with E-state index in [1.54, 1.807) is 29.8 Å². The second-order valence-corrected chi connectivity index (χ2v) is 6.46. The average molecular weight is 328 g/mol. The molecule has 0 aromatic carbocycles. The molecule has 4 heterocycles. The lowest BCUT2D eigenvalue weighted by Crippen LogP contribution is -2.58. The Morgan fingerprint density at radius 1 is 1.21 bits per heavy atom. The lowest BCUT2D eigenvalue weighted by molar-refractivity contribution is -0.145. The number of likely N-dealkylation sites (tertiary alicyclic amines) is 1. The molecule has 0 saturated carbocycles. The number of rotatable bonds is 3. The van der Waals surface area contributed by atoms with E-state index in [4.69, 9.17) is 9.15 Å². The zero-order valence-corrected chi connectivity index (χ0v) is 13.4. The smallest absolute Gasteiger partial charge is 0.253 e. The van der Waals surface area contributed by atoms with Crippen molar-refractivity contribution in [3.63, 3.8) is 0 Å². The molecule has 2 aliphatic heterocycles. The quantitative estimate of drug-likeness (QED) is 0.849. The van der Waals surface area contributed by atoms with Gasteiger partial charge in [0.15, 0.2) is 0 Å². The lowest BCUT2D eigenvalue weighted by Gasteiger charge is -2.46. The van der Waals surface area contributed by atoms with Crippen LogP contribution in [0.5, 0.6) is 0 Å². The van der Waals surface area contributed by atoms with Gasteiger partial charge >= 0.3 is 0 Å². The number of carbonyl (C=O) groups excluding carboxylic acids is 1. The van der Waals surface area contributed by atoms with Crippen molar-refractivity contribution >= 4 is 11.6 Å². The van der Waals surface area contributed by atoms with E-state index in [-0.39, 0.29) is 18.1 Å². The normalized spacial score (nSPS) is 21.3. The summed E-state index contributed by atoms with van der Waals surface area (Å²) in [6.07, 6.45) is 10.1. The first kappa shape index (κ1) is 15.3. The number of hydrogen-bond acceptors (Lipinski definition) is 6. The highest BCUT2D eigenvalue weighted by Gasteiger charge is 2.42. The predicted octanol–water partition coefficient (Wildman–Crippen LogP) is 1.47. The highest BCUT2D eigenvalue weighted by atomic mass is 16.5. The number of nitrogens with zero attached hydrogens (tertiary/aromatic N) is 4. The van der Waals surface area contributed by atoms with Crippen molar-refractivity contribution in [2.75, 3.05) is 31.1 Å². The van der Waals surface area contributed by atoms with Crippen LogP contribution in [-0.4, -0.2) is 52.6 Å². The van der Waals surface area contributed by atoms with Crippen LogP contribution in [0.25, 0.3) is 0 Å². The van der Waals surface area contributed by atoms with Gasteiger partial charge in [-0.2, -0.15) is 0 Å². The fourth-order valence-electron chi connectivity index (χ4n) is 3.44. The molecule has 2 aromatic heterocycles. The monoisotopic (exact) mass is 328 g/mol. The summed E-state index contributed by atoms with van der Waals surface area (Å²) in [6, 6.07) is 2.00. The van der Waals surface area contributed by atoms with Gasteiger partial charge in [0.25, 0.3) is 5.91 Å². The summed E-state index contributed by atoms with van der Waals surface area (Å²) in [6.45, 7) is 3.47.